The molecule has 0 atom stereocenters. The van der Waals surface area contributed by atoms with Gasteiger partial charge in [0.1, 0.15) is 0 Å². The Hall–Kier alpha value is -4.10. The SMILES string of the molecule is CN(C)CCCNc1ccc(C(=O)NCCSSCCN2C(=O)c3cccc4c(NCCCN(C)C)ccc(c34)C2=O)c2c(C=O)cccc12.[HH].[HH]. The standard InChI is InChI=1S/C38H46N6O4S2.2H2/c1-42(2)20-7-17-39-32-15-13-29(34-26(25-45)9-5-10-27(32)34)36(46)41-19-23-49-50-24-22-44-37(47)30-12-6-11-28-33(40-18-8-21-43(3)4)16-14-31(35(28)30)38(44)48;;/h5-6,9-16,25,39-40H,7-8,17-24H2,1-4H3,(H,41,46);2*1H. The van der Waals surface area contributed by atoms with Gasteiger partial charge < -0.3 is 25.8 Å². The molecule has 0 saturated heterocycles. The lowest BCUT2D eigenvalue weighted by Crippen LogP contribution is -2.41. The smallest absolute Gasteiger partial charge is 0.261 e. The van der Waals surface area contributed by atoms with E-state index in [1.54, 1.807) is 39.8 Å². The van der Waals surface area contributed by atoms with E-state index in [4.69, 9.17) is 0 Å². The molecule has 0 spiro atoms. The summed E-state index contributed by atoms with van der Waals surface area (Å²) >= 11 is 0. The number of nitrogens with one attached hydrogen (secondary N) is 3. The first-order chi connectivity index (χ1) is 24.2. The number of carbonyl (C=O) groups excluding carboxylic acids is 4. The molecule has 1 heterocycles. The van der Waals surface area contributed by atoms with Gasteiger partial charge in [0.05, 0.1) is 0 Å². The van der Waals surface area contributed by atoms with Crippen molar-refractivity contribution >= 4 is 78.5 Å². The van der Waals surface area contributed by atoms with Crippen LogP contribution in [0.3, 0.4) is 0 Å². The van der Waals surface area contributed by atoms with Gasteiger partial charge in [-0.1, -0.05) is 51.9 Å². The first kappa shape index (κ1) is 37.2. The van der Waals surface area contributed by atoms with Crippen LogP contribution in [0.25, 0.3) is 21.5 Å². The second kappa shape index (κ2) is 17.7. The van der Waals surface area contributed by atoms with Crippen LogP contribution >= 0.6 is 21.6 Å². The lowest BCUT2D eigenvalue weighted by Gasteiger charge is -2.27. The van der Waals surface area contributed by atoms with Gasteiger partial charge in [-0.3, -0.25) is 24.1 Å². The van der Waals surface area contributed by atoms with E-state index < -0.39 is 0 Å². The Kier molecular flexibility index (Phi) is 13.2. The molecule has 0 unspecified atom stereocenters. The van der Waals surface area contributed by atoms with Gasteiger partial charge in [-0.25, -0.2) is 0 Å². The van der Waals surface area contributed by atoms with E-state index in [1.807, 2.05) is 70.7 Å². The Balaban J connectivity index is 0.00000364. The number of hydrogen-bond acceptors (Lipinski definition) is 10. The fourth-order valence-corrected chi connectivity index (χ4v) is 8.02. The predicted molar refractivity (Wildman–Crippen MR) is 213 cm³/mol. The van der Waals surface area contributed by atoms with Crippen molar-refractivity contribution in [2.75, 3.05) is 89.6 Å². The van der Waals surface area contributed by atoms with Crippen molar-refractivity contribution in [1.82, 2.24) is 20.0 Å². The Morgan fingerprint density at radius 3 is 1.96 bits per heavy atom. The van der Waals surface area contributed by atoms with Gasteiger partial charge in [-0.05, 0) is 84.5 Å². The molecule has 268 valence electrons. The molecule has 3 N–H and O–H groups in total. The molecule has 12 heteroatoms. The fraction of sp³-hybridized carbons (Fsp3) is 0.368. The van der Waals surface area contributed by atoms with E-state index in [0.29, 0.717) is 51.1 Å². The van der Waals surface area contributed by atoms with E-state index in [9.17, 15) is 19.2 Å². The molecule has 4 aromatic rings. The first-order valence-corrected chi connectivity index (χ1v) is 19.4. The molecular weight excluding hydrogens is 669 g/mol. The molecular formula is C38H50N6O4S2. The number of carbonyl (C=O) groups is 4. The molecule has 1 aliphatic heterocycles. The number of aldehydes is 1. The van der Waals surface area contributed by atoms with Crippen LogP contribution in [-0.2, 0) is 0 Å². The van der Waals surface area contributed by atoms with Gasteiger partial charge in [0.2, 0.25) is 0 Å². The van der Waals surface area contributed by atoms with Crippen LogP contribution in [0.2, 0.25) is 0 Å². The van der Waals surface area contributed by atoms with Gasteiger partial charge in [-0.2, -0.15) is 0 Å². The Morgan fingerprint density at radius 2 is 1.32 bits per heavy atom. The minimum atomic E-state index is -0.271. The normalized spacial score (nSPS) is 12.7. The second-order valence-electron chi connectivity index (χ2n) is 12.8. The van der Waals surface area contributed by atoms with E-state index in [-0.39, 0.29) is 27.1 Å². The summed E-state index contributed by atoms with van der Waals surface area (Å²) in [5.41, 5.74) is 3.85. The van der Waals surface area contributed by atoms with Gasteiger partial charge >= 0.3 is 0 Å². The minimum absolute atomic E-state index is 0. The fourth-order valence-electron chi connectivity index (χ4n) is 6.16. The molecule has 0 aliphatic carbocycles. The molecule has 50 heavy (non-hydrogen) atoms. The van der Waals surface area contributed by atoms with Crippen molar-refractivity contribution < 1.29 is 22.0 Å². The highest BCUT2D eigenvalue weighted by molar-refractivity contribution is 8.76. The quantitative estimate of drug-likeness (QED) is 0.0434. The Bertz CT molecular complexity index is 1850. The van der Waals surface area contributed by atoms with Crippen molar-refractivity contribution in [3.63, 3.8) is 0 Å². The third-order valence-electron chi connectivity index (χ3n) is 8.58. The summed E-state index contributed by atoms with van der Waals surface area (Å²) in [5.74, 6) is 0.413. The zero-order chi connectivity index (χ0) is 35.6. The van der Waals surface area contributed by atoms with Crippen LogP contribution in [0, 0.1) is 0 Å². The molecule has 0 saturated carbocycles. The number of nitrogens with zero attached hydrogens (tertiary/aromatic N) is 3. The first-order valence-electron chi connectivity index (χ1n) is 16.9. The number of rotatable bonds is 19. The van der Waals surface area contributed by atoms with E-state index >= 15 is 0 Å². The van der Waals surface area contributed by atoms with Crippen LogP contribution < -0.4 is 16.0 Å². The monoisotopic (exact) mass is 718 g/mol. The van der Waals surface area contributed by atoms with E-state index in [0.717, 1.165) is 67.5 Å². The Morgan fingerprint density at radius 1 is 0.740 bits per heavy atom. The molecule has 5 rings (SSSR count). The number of fused-ring (bicyclic) bond motifs is 1. The third-order valence-corrected chi connectivity index (χ3v) is 11.0. The highest BCUT2D eigenvalue weighted by Gasteiger charge is 2.33. The summed E-state index contributed by atoms with van der Waals surface area (Å²) in [6.07, 6.45) is 2.74. The van der Waals surface area contributed by atoms with Crippen LogP contribution in [0.5, 0.6) is 0 Å². The van der Waals surface area contributed by atoms with E-state index in [2.05, 4.69) is 25.8 Å². The molecule has 0 aromatic heterocycles. The molecule has 3 amide bonds. The average molecular weight is 719 g/mol. The molecule has 4 aromatic carbocycles. The number of anilines is 2. The molecule has 0 fully saturated rings. The Labute approximate surface area is 305 Å². The lowest BCUT2D eigenvalue weighted by atomic mass is 9.93. The largest absolute Gasteiger partial charge is 0.384 e. The van der Waals surface area contributed by atoms with E-state index in [1.165, 1.54) is 4.90 Å². The highest BCUT2D eigenvalue weighted by atomic mass is 33.1. The number of amides is 3. The van der Waals surface area contributed by atoms with Crippen molar-refractivity contribution in [1.29, 1.82) is 0 Å². The van der Waals surface area contributed by atoms with Crippen LogP contribution in [-0.4, -0.2) is 118 Å². The summed E-state index contributed by atoms with van der Waals surface area (Å²) in [6.45, 7) is 4.21. The highest BCUT2D eigenvalue weighted by Crippen LogP contribution is 2.35. The van der Waals surface area contributed by atoms with Gasteiger partial charge in [0, 0.05) is 95.7 Å². The zero-order valence-corrected chi connectivity index (χ0v) is 30.8. The zero-order valence-electron chi connectivity index (χ0n) is 29.2. The van der Waals surface area contributed by atoms with Crippen LogP contribution in [0.15, 0.2) is 60.7 Å². The van der Waals surface area contributed by atoms with Gasteiger partial charge in [0.15, 0.2) is 6.29 Å². The van der Waals surface area contributed by atoms with Crippen LogP contribution in [0.4, 0.5) is 11.4 Å². The van der Waals surface area contributed by atoms with Crippen molar-refractivity contribution in [2.45, 2.75) is 12.8 Å². The van der Waals surface area contributed by atoms with Crippen molar-refractivity contribution in [2.24, 2.45) is 0 Å². The van der Waals surface area contributed by atoms with Crippen LogP contribution in [0.1, 0.15) is 57.1 Å². The number of imide groups is 1. The molecule has 0 bridgehead atoms. The minimum Gasteiger partial charge on any atom is -0.384 e. The molecule has 0 radical (unpaired) electrons. The summed E-state index contributed by atoms with van der Waals surface area (Å²) in [4.78, 5) is 57.8. The maximum atomic E-state index is 13.5. The van der Waals surface area contributed by atoms with Gasteiger partial charge in [0.25, 0.3) is 17.7 Å². The second-order valence-corrected chi connectivity index (χ2v) is 15.5. The predicted octanol–water partition coefficient (Wildman–Crippen LogP) is 6.43. The molecule has 10 nitrogen and oxygen atoms in total. The summed E-state index contributed by atoms with van der Waals surface area (Å²) < 4.78 is 0. The summed E-state index contributed by atoms with van der Waals surface area (Å²) in [5, 5.41) is 13.0. The average Bonchev–Trinajstić information content (AvgIpc) is 3.11. The topological polar surface area (TPSA) is 114 Å². The number of hydrogen-bond donors (Lipinski definition) is 3. The maximum Gasteiger partial charge on any atom is 0.261 e. The van der Waals surface area contributed by atoms with Crippen molar-refractivity contribution in [3.8, 4) is 0 Å². The maximum absolute atomic E-state index is 13.5. The number of benzene rings is 4. The summed E-state index contributed by atoms with van der Waals surface area (Å²) in [7, 11) is 11.3. The third kappa shape index (κ3) is 8.79. The van der Waals surface area contributed by atoms with Crippen molar-refractivity contribution in [3.05, 3.63) is 82.9 Å². The summed E-state index contributed by atoms with van der Waals surface area (Å²) in [6, 6.07) is 18.6. The lowest BCUT2D eigenvalue weighted by molar-refractivity contribution is 0.0620. The molecule has 1 aliphatic rings. The van der Waals surface area contributed by atoms with Gasteiger partial charge in [-0.15, -0.1) is 0 Å².